The molecule has 1 unspecified atom stereocenters. The molecule has 28 heavy (non-hydrogen) atoms. The zero-order valence-electron chi connectivity index (χ0n) is 15.6. The van der Waals surface area contributed by atoms with Gasteiger partial charge in [-0.2, -0.15) is 4.31 Å². The first kappa shape index (κ1) is 19.6. The fourth-order valence-corrected chi connectivity index (χ4v) is 5.47. The largest absolute Gasteiger partial charge is 0.417 e. The second kappa shape index (κ2) is 7.60. The van der Waals surface area contributed by atoms with Crippen LogP contribution >= 0.6 is 0 Å². The number of aromatic nitrogens is 1. The molecule has 0 radical (unpaired) electrons. The number of aromatic amines is 1. The second-order valence-corrected chi connectivity index (χ2v) is 9.48. The summed E-state index contributed by atoms with van der Waals surface area (Å²) in [6.07, 6.45) is 1.53. The molecule has 0 amide bonds. The molecule has 3 heterocycles. The number of sulfonamides is 1. The fraction of sp³-hybridized carbons (Fsp3) is 0.611. The SMILES string of the molecule is O=c1[nH]c2cc(S(=O)(=O)N3CCCC(O)(CN4CCOCC4)CC3)ccc2o1. The molecule has 1 aromatic carbocycles. The van der Waals surface area contributed by atoms with E-state index in [0.717, 1.165) is 13.1 Å². The molecule has 9 nitrogen and oxygen atoms in total. The van der Waals surface area contributed by atoms with Gasteiger partial charge in [0, 0.05) is 32.7 Å². The van der Waals surface area contributed by atoms with Crippen LogP contribution in [-0.4, -0.2) is 79.3 Å². The van der Waals surface area contributed by atoms with Crippen molar-refractivity contribution in [2.24, 2.45) is 0 Å². The summed E-state index contributed by atoms with van der Waals surface area (Å²) in [5.74, 6) is -0.618. The van der Waals surface area contributed by atoms with Gasteiger partial charge in [0.2, 0.25) is 10.0 Å². The van der Waals surface area contributed by atoms with Gasteiger partial charge < -0.3 is 14.3 Å². The third-order valence-corrected chi connectivity index (χ3v) is 7.42. The van der Waals surface area contributed by atoms with Crippen molar-refractivity contribution >= 4 is 21.1 Å². The van der Waals surface area contributed by atoms with E-state index in [1.165, 1.54) is 22.5 Å². The zero-order valence-corrected chi connectivity index (χ0v) is 16.4. The van der Waals surface area contributed by atoms with Gasteiger partial charge in [-0.1, -0.05) is 0 Å². The second-order valence-electron chi connectivity index (χ2n) is 7.54. The molecule has 1 aromatic heterocycles. The van der Waals surface area contributed by atoms with Crippen LogP contribution in [0.1, 0.15) is 19.3 Å². The third kappa shape index (κ3) is 4.01. The summed E-state index contributed by atoms with van der Waals surface area (Å²) < 4.78 is 37.9. The molecule has 0 aliphatic carbocycles. The van der Waals surface area contributed by atoms with E-state index < -0.39 is 21.4 Å². The van der Waals surface area contributed by atoms with Gasteiger partial charge in [-0.05, 0) is 37.5 Å². The Morgan fingerprint density at radius 2 is 1.93 bits per heavy atom. The van der Waals surface area contributed by atoms with Gasteiger partial charge in [-0.25, -0.2) is 13.2 Å². The number of ether oxygens (including phenoxy) is 1. The minimum absolute atomic E-state index is 0.107. The highest BCUT2D eigenvalue weighted by atomic mass is 32.2. The molecule has 10 heteroatoms. The van der Waals surface area contributed by atoms with Gasteiger partial charge in [0.25, 0.3) is 0 Å². The number of nitrogens with one attached hydrogen (secondary N) is 1. The molecule has 154 valence electrons. The maximum atomic E-state index is 13.1. The van der Waals surface area contributed by atoms with E-state index in [0.29, 0.717) is 56.7 Å². The first-order valence-corrected chi connectivity index (χ1v) is 11.0. The minimum atomic E-state index is -3.73. The lowest BCUT2D eigenvalue weighted by molar-refractivity contribution is -0.0385. The summed E-state index contributed by atoms with van der Waals surface area (Å²) in [5, 5.41) is 11.0. The van der Waals surface area contributed by atoms with Gasteiger partial charge in [0.15, 0.2) is 5.58 Å². The molecule has 0 bridgehead atoms. The zero-order chi connectivity index (χ0) is 19.8. The lowest BCUT2D eigenvalue weighted by Crippen LogP contribution is -2.48. The highest BCUT2D eigenvalue weighted by Crippen LogP contribution is 2.28. The Hall–Kier alpha value is -1.72. The average molecular weight is 411 g/mol. The summed E-state index contributed by atoms with van der Waals surface area (Å²) >= 11 is 0. The summed E-state index contributed by atoms with van der Waals surface area (Å²) in [7, 11) is -3.73. The van der Waals surface area contributed by atoms with Crippen molar-refractivity contribution in [3.05, 3.63) is 28.7 Å². The molecule has 1 atom stereocenters. The van der Waals surface area contributed by atoms with E-state index in [4.69, 9.17) is 9.15 Å². The molecule has 2 aliphatic heterocycles. The smallest absolute Gasteiger partial charge is 0.408 e. The number of nitrogens with zero attached hydrogens (tertiary/aromatic N) is 2. The Balaban J connectivity index is 1.49. The monoisotopic (exact) mass is 411 g/mol. The number of hydrogen-bond acceptors (Lipinski definition) is 7. The van der Waals surface area contributed by atoms with Crippen molar-refractivity contribution < 1.29 is 22.7 Å². The fourth-order valence-electron chi connectivity index (χ4n) is 3.97. The number of fused-ring (bicyclic) bond motifs is 1. The number of β-amino-alcohol motifs (C(OH)–C–C–N with tert-alkyl or cyclic N) is 1. The summed E-state index contributed by atoms with van der Waals surface area (Å²) in [5.41, 5.74) is -0.231. The van der Waals surface area contributed by atoms with Crippen LogP contribution < -0.4 is 5.76 Å². The molecule has 2 N–H and O–H groups in total. The molecular weight excluding hydrogens is 386 g/mol. The lowest BCUT2D eigenvalue weighted by Gasteiger charge is -2.35. The summed E-state index contributed by atoms with van der Waals surface area (Å²) in [6.45, 7) is 4.04. The third-order valence-electron chi connectivity index (χ3n) is 5.53. The highest BCUT2D eigenvalue weighted by molar-refractivity contribution is 7.89. The average Bonchev–Trinajstić information content (AvgIpc) is 2.92. The topological polar surface area (TPSA) is 116 Å². The van der Waals surface area contributed by atoms with Gasteiger partial charge >= 0.3 is 5.76 Å². The molecule has 0 saturated carbocycles. The molecule has 4 rings (SSSR count). The number of morpholine rings is 1. The minimum Gasteiger partial charge on any atom is -0.408 e. The standard InChI is InChI=1S/C18H25N3O6S/c22-17-19-15-12-14(2-3-16(15)27-17)28(24,25)21-6-1-4-18(23,5-7-21)13-20-8-10-26-11-9-20/h2-3,12,23H,1,4-11,13H2,(H,19,22). The Morgan fingerprint density at radius 1 is 1.14 bits per heavy atom. The normalized spacial score (nSPS) is 25.8. The maximum absolute atomic E-state index is 13.1. The number of oxazole rings is 1. The predicted molar refractivity (Wildman–Crippen MR) is 102 cm³/mol. The van der Waals surface area contributed by atoms with Crippen molar-refractivity contribution in [1.29, 1.82) is 0 Å². The van der Waals surface area contributed by atoms with Crippen LogP contribution in [0.4, 0.5) is 0 Å². The highest BCUT2D eigenvalue weighted by Gasteiger charge is 2.36. The summed E-state index contributed by atoms with van der Waals surface area (Å²) in [4.78, 5) is 16.1. The van der Waals surface area contributed by atoms with Crippen molar-refractivity contribution in [3.63, 3.8) is 0 Å². The van der Waals surface area contributed by atoms with Crippen molar-refractivity contribution in [2.75, 3.05) is 45.9 Å². The Labute approximate surface area is 162 Å². The van der Waals surface area contributed by atoms with Crippen LogP contribution in [0.15, 0.2) is 32.3 Å². The summed E-state index contributed by atoms with van der Waals surface area (Å²) in [6, 6.07) is 4.34. The predicted octanol–water partition coefficient (Wildman–Crippen LogP) is 0.359. The maximum Gasteiger partial charge on any atom is 0.417 e. The van der Waals surface area contributed by atoms with E-state index in [9.17, 15) is 18.3 Å². The number of hydrogen-bond donors (Lipinski definition) is 2. The Bertz CT molecular complexity index is 994. The van der Waals surface area contributed by atoms with Crippen molar-refractivity contribution in [3.8, 4) is 0 Å². The van der Waals surface area contributed by atoms with E-state index >= 15 is 0 Å². The molecule has 0 spiro atoms. The van der Waals surface area contributed by atoms with E-state index in [1.54, 1.807) is 0 Å². The van der Waals surface area contributed by atoms with Crippen molar-refractivity contribution in [2.45, 2.75) is 29.8 Å². The van der Waals surface area contributed by atoms with Crippen LogP contribution in [0.3, 0.4) is 0 Å². The van der Waals surface area contributed by atoms with Crippen LogP contribution in [0.25, 0.3) is 11.1 Å². The molecular formula is C18H25N3O6S. The molecule has 2 aliphatic rings. The number of benzene rings is 1. The van der Waals surface area contributed by atoms with Crippen LogP contribution in [0.2, 0.25) is 0 Å². The van der Waals surface area contributed by atoms with E-state index in [1.807, 2.05) is 0 Å². The first-order chi connectivity index (χ1) is 13.4. The molecule has 2 saturated heterocycles. The molecule has 2 fully saturated rings. The van der Waals surface area contributed by atoms with Crippen molar-refractivity contribution in [1.82, 2.24) is 14.2 Å². The molecule has 2 aromatic rings. The lowest BCUT2D eigenvalue weighted by atomic mass is 9.94. The number of aliphatic hydroxyl groups is 1. The van der Waals surface area contributed by atoms with Crippen LogP contribution in [0, 0.1) is 0 Å². The first-order valence-electron chi connectivity index (χ1n) is 9.51. The van der Waals surface area contributed by atoms with Gasteiger partial charge in [-0.15, -0.1) is 0 Å². The number of H-pyrrole nitrogens is 1. The van der Waals surface area contributed by atoms with Crippen LogP contribution in [-0.2, 0) is 14.8 Å². The van der Waals surface area contributed by atoms with E-state index in [2.05, 4.69) is 9.88 Å². The quantitative estimate of drug-likeness (QED) is 0.746. The van der Waals surface area contributed by atoms with E-state index in [-0.39, 0.29) is 11.4 Å². The van der Waals surface area contributed by atoms with Gasteiger partial charge in [0.05, 0.1) is 29.2 Å². The Kier molecular flexibility index (Phi) is 5.32. The van der Waals surface area contributed by atoms with Gasteiger partial charge in [-0.3, -0.25) is 9.88 Å². The number of rotatable bonds is 4. The van der Waals surface area contributed by atoms with Gasteiger partial charge in [0.1, 0.15) is 0 Å². The van der Waals surface area contributed by atoms with Crippen LogP contribution in [0.5, 0.6) is 0 Å². The Morgan fingerprint density at radius 3 is 2.71 bits per heavy atom.